The summed E-state index contributed by atoms with van der Waals surface area (Å²) < 4.78 is 46.8. The van der Waals surface area contributed by atoms with E-state index in [1.54, 1.807) is 35.8 Å². The van der Waals surface area contributed by atoms with Gasteiger partial charge >= 0.3 is 201 Å². The maximum absolute atomic E-state index is 15.2. The standard InChI is InChI=1S/C21H25F3IN10/c1-3-33-8-7-15(21(2,24)11-33)25-29-20-28-18(26)17-12(6-9-34(17)31-20)13-4-5-14-19(27-13)35(32-30-14)10-16(22)23/h4-6,9,15-16H,3,7-8,10-11H2,1-2H3,(H3,26,28,29,31)/q-1. The summed E-state index contributed by atoms with van der Waals surface area (Å²) >= 11 is -0.759. The number of nitrogens with zero attached hydrogens (tertiary/aromatic N) is 8. The van der Waals surface area contributed by atoms with Crippen LogP contribution in [0.1, 0.15) is 20.3 Å². The summed E-state index contributed by atoms with van der Waals surface area (Å²) in [5.41, 5.74) is 7.41. The number of nitrogens with one attached hydrogen (secondary N) is 1. The summed E-state index contributed by atoms with van der Waals surface area (Å²) in [6.07, 6.45) is -0.0587. The number of nitrogen functional groups attached to an aromatic ring is 1. The van der Waals surface area contributed by atoms with Crippen molar-refractivity contribution in [1.82, 2.24) is 39.5 Å². The monoisotopic (exact) mass is 601 g/mol. The zero-order chi connectivity index (χ0) is 24.7. The van der Waals surface area contributed by atoms with Gasteiger partial charge in [0.1, 0.15) is 0 Å². The molecule has 0 saturated carbocycles. The Morgan fingerprint density at radius 3 is 2.86 bits per heavy atom. The van der Waals surface area contributed by atoms with Gasteiger partial charge in [0, 0.05) is 0 Å². The van der Waals surface area contributed by atoms with Crippen molar-refractivity contribution in [2.75, 3.05) is 28.9 Å². The molecule has 2 unspecified atom stereocenters. The molecule has 4 aromatic rings. The van der Waals surface area contributed by atoms with E-state index in [9.17, 15) is 8.78 Å². The average Bonchev–Trinajstić information content (AvgIpc) is 3.41. The molecule has 5 rings (SSSR count). The van der Waals surface area contributed by atoms with E-state index in [0.29, 0.717) is 34.8 Å². The van der Waals surface area contributed by atoms with Gasteiger partial charge in [0.05, 0.1) is 0 Å². The molecule has 4 aromatic heterocycles. The molecule has 2 atom stereocenters. The molecule has 1 fully saturated rings. The Kier molecular flexibility index (Phi) is 6.41. The second kappa shape index (κ2) is 9.37. The first-order valence-corrected chi connectivity index (χ1v) is 13.5. The number of likely N-dealkylation sites (tertiary alicyclic amines) is 1. The van der Waals surface area contributed by atoms with Gasteiger partial charge in [-0.3, -0.25) is 0 Å². The molecule has 188 valence electrons. The fraction of sp³-hybridized carbons (Fsp3) is 0.476. The molecule has 0 radical (unpaired) electrons. The second-order valence-corrected chi connectivity index (χ2v) is 11.3. The van der Waals surface area contributed by atoms with Gasteiger partial charge in [0.15, 0.2) is 0 Å². The molecule has 3 N–H and O–H groups in total. The van der Waals surface area contributed by atoms with Crippen LogP contribution in [0.5, 0.6) is 0 Å². The first kappa shape index (κ1) is 24.0. The molecule has 5 heterocycles. The summed E-state index contributed by atoms with van der Waals surface area (Å²) in [6, 6.07) is 5.18. The Balaban J connectivity index is 1.39. The summed E-state index contributed by atoms with van der Waals surface area (Å²) in [4.78, 5) is 11.0. The van der Waals surface area contributed by atoms with Gasteiger partial charge in [-0.05, 0) is 0 Å². The number of anilines is 2. The first-order chi connectivity index (χ1) is 16.7. The van der Waals surface area contributed by atoms with Crippen molar-refractivity contribution < 1.29 is 34.7 Å². The van der Waals surface area contributed by atoms with Crippen LogP contribution in [-0.4, -0.2) is 75.1 Å². The zero-order valence-corrected chi connectivity index (χ0v) is 21.3. The van der Waals surface area contributed by atoms with Gasteiger partial charge in [0.25, 0.3) is 0 Å². The van der Waals surface area contributed by atoms with Crippen LogP contribution in [0.2, 0.25) is 0 Å². The minimum absolute atomic E-state index is 0.0625. The van der Waals surface area contributed by atoms with E-state index in [-0.39, 0.29) is 15.4 Å². The van der Waals surface area contributed by atoms with Crippen molar-refractivity contribution in [1.29, 1.82) is 0 Å². The number of halogens is 4. The molecule has 35 heavy (non-hydrogen) atoms. The Bertz CT molecular complexity index is 1350. The Morgan fingerprint density at radius 2 is 2.11 bits per heavy atom. The van der Waals surface area contributed by atoms with Crippen molar-refractivity contribution in [2.24, 2.45) is 0 Å². The topological polar surface area (TPSA) is 115 Å². The summed E-state index contributed by atoms with van der Waals surface area (Å²) in [6.45, 7) is 5.28. The molecule has 10 nitrogen and oxygen atoms in total. The Labute approximate surface area is 209 Å². The molecular formula is C21H25F3IN10-. The van der Waals surface area contributed by atoms with Crippen LogP contribution in [0, 0.1) is 0 Å². The summed E-state index contributed by atoms with van der Waals surface area (Å²) in [7, 11) is 0. The van der Waals surface area contributed by atoms with Gasteiger partial charge in [-0.15, -0.1) is 0 Å². The fourth-order valence-corrected chi connectivity index (χ4v) is 6.64. The van der Waals surface area contributed by atoms with E-state index >= 15 is 4.39 Å². The average molecular weight is 601 g/mol. The quantitative estimate of drug-likeness (QED) is 0.168. The van der Waals surface area contributed by atoms with Gasteiger partial charge in [-0.1, -0.05) is 0 Å². The molecular weight excluding hydrogens is 576 g/mol. The van der Waals surface area contributed by atoms with Gasteiger partial charge in [-0.25, -0.2) is 8.78 Å². The van der Waals surface area contributed by atoms with E-state index in [1.165, 1.54) is 0 Å². The predicted molar refractivity (Wildman–Crippen MR) is 121 cm³/mol. The van der Waals surface area contributed by atoms with Crippen LogP contribution in [0.25, 0.3) is 27.9 Å². The number of piperidine rings is 1. The van der Waals surface area contributed by atoms with Crippen molar-refractivity contribution >= 4 is 28.4 Å². The van der Waals surface area contributed by atoms with Gasteiger partial charge in [0.2, 0.25) is 0 Å². The second-order valence-electron chi connectivity index (χ2n) is 8.65. The number of hydrogen-bond acceptors (Lipinski definition) is 8. The molecule has 1 saturated heterocycles. The number of fused-ring (bicyclic) bond motifs is 2. The Morgan fingerprint density at radius 1 is 1.29 bits per heavy atom. The third-order valence-electron chi connectivity index (χ3n) is 6.09. The third-order valence-corrected chi connectivity index (χ3v) is 9.55. The summed E-state index contributed by atoms with van der Waals surface area (Å²) in [5, 5.41) is 12.2. The van der Waals surface area contributed by atoms with Crippen molar-refractivity contribution in [2.45, 2.75) is 42.8 Å². The first-order valence-electron chi connectivity index (χ1n) is 11.2. The maximum atomic E-state index is 15.2. The van der Waals surface area contributed by atoms with E-state index in [4.69, 9.17) is 5.73 Å². The van der Waals surface area contributed by atoms with Crippen LogP contribution in [0.15, 0.2) is 24.4 Å². The third kappa shape index (κ3) is 4.72. The number of hydrogen-bond donors (Lipinski definition) is 2. The molecule has 0 amide bonds. The van der Waals surface area contributed by atoms with Crippen LogP contribution >= 0.6 is 0 Å². The van der Waals surface area contributed by atoms with Crippen molar-refractivity contribution in [3.63, 3.8) is 0 Å². The molecule has 0 spiro atoms. The van der Waals surface area contributed by atoms with Crippen molar-refractivity contribution in [3.05, 3.63) is 24.4 Å². The van der Waals surface area contributed by atoms with E-state index in [0.717, 1.165) is 24.2 Å². The number of aromatic nitrogens is 7. The van der Waals surface area contributed by atoms with Gasteiger partial charge < -0.3 is 0 Å². The number of nitrogens with two attached hydrogens (primary N) is 1. The normalized spacial score (nSPS) is 21.5. The molecule has 1 aliphatic rings. The van der Waals surface area contributed by atoms with E-state index < -0.39 is 40.1 Å². The molecule has 0 aromatic carbocycles. The van der Waals surface area contributed by atoms with Crippen LogP contribution in [0.3, 0.4) is 0 Å². The number of alkyl halides is 4. The van der Waals surface area contributed by atoms with Crippen LogP contribution < -0.4 is 30.7 Å². The SMILES string of the molecule is CCN1CCC([I-]Nc2nc(N)c3c(-c4ccc5nnn(CC(F)F)c5n4)ccn3n2)C(C)(F)C1. The molecule has 1 aliphatic heterocycles. The van der Waals surface area contributed by atoms with Crippen LogP contribution in [-0.2, 0) is 6.54 Å². The molecule has 0 bridgehead atoms. The van der Waals surface area contributed by atoms with E-state index in [1.807, 2.05) is 6.92 Å². The number of pyridine rings is 1. The molecule has 0 aliphatic carbocycles. The van der Waals surface area contributed by atoms with Crippen LogP contribution in [0.4, 0.5) is 24.9 Å². The molecule has 14 heteroatoms. The number of rotatable bonds is 7. The van der Waals surface area contributed by atoms with Crippen molar-refractivity contribution in [3.8, 4) is 11.3 Å². The van der Waals surface area contributed by atoms with Gasteiger partial charge in [-0.2, -0.15) is 0 Å². The minimum atomic E-state index is -2.58. The Hall–Kier alpha value is -2.75. The zero-order valence-electron chi connectivity index (χ0n) is 19.2. The fourth-order valence-electron chi connectivity index (χ4n) is 4.32. The predicted octanol–water partition coefficient (Wildman–Crippen LogP) is -0.378. The van der Waals surface area contributed by atoms with E-state index in [2.05, 4.69) is 33.8 Å². The summed E-state index contributed by atoms with van der Waals surface area (Å²) in [5.74, 6) is 0.581.